The molecule has 3 rings (SSSR count). The van der Waals surface area contributed by atoms with E-state index < -0.39 is 21.7 Å². The summed E-state index contributed by atoms with van der Waals surface area (Å²) in [6, 6.07) is 10.1. The molecule has 1 amide bonds. The normalized spacial score (nSPS) is 12.9. The third kappa shape index (κ3) is 3.45. The summed E-state index contributed by atoms with van der Waals surface area (Å²) in [7, 11) is -3.41. The van der Waals surface area contributed by atoms with Crippen LogP contribution in [0.5, 0.6) is 0 Å². The fourth-order valence-electron chi connectivity index (χ4n) is 2.85. The second-order valence-corrected chi connectivity index (χ2v) is 8.15. The van der Waals surface area contributed by atoms with E-state index in [1.165, 1.54) is 31.2 Å². The van der Waals surface area contributed by atoms with Crippen molar-refractivity contribution in [1.82, 2.24) is 14.9 Å². The molecule has 0 spiro atoms. The van der Waals surface area contributed by atoms with Gasteiger partial charge in [-0.15, -0.1) is 0 Å². The summed E-state index contributed by atoms with van der Waals surface area (Å²) in [6.45, 7) is 3.16. The van der Waals surface area contributed by atoms with E-state index >= 15 is 0 Å². The summed E-state index contributed by atoms with van der Waals surface area (Å²) in [4.78, 5) is 16.1. The predicted octanol–water partition coefficient (Wildman–Crippen LogP) is 2.77. The lowest BCUT2D eigenvalue weighted by molar-refractivity contribution is -0.119. The minimum absolute atomic E-state index is 0.145. The van der Waals surface area contributed by atoms with Crippen molar-refractivity contribution in [2.24, 2.45) is 0 Å². The number of nitrogens with one attached hydrogen (secondary N) is 1. The average Bonchev–Trinajstić information content (AvgIpc) is 2.92. The number of nitrogens with zero attached hydrogens (tertiary/aromatic N) is 2. The minimum Gasteiger partial charge on any atom is -0.347 e. The van der Waals surface area contributed by atoms with Crippen LogP contribution in [0, 0.1) is 5.82 Å². The highest BCUT2D eigenvalue weighted by molar-refractivity contribution is 7.90. The van der Waals surface area contributed by atoms with Crippen LogP contribution >= 0.6 is 0 Å². The first-order valence-corrected chi connectivity index (χ1v) is 9.81. The monoisotopic (exact) mass is 375 g/mol. The van der Waals surface area contributed by atoms with E-state index in [0.717, 1.165) is 6.26 Å². The molecule has 8 heteroatoms. The van der Waals surface area contributed by atoms with Crippen LogP contribution in [0.1, 0.15) is 25.7 Å². The van der Waals surface area contributed by atoms with Crippen molar-refractivity contribution in [3.63, 3.8) is 0 Å². The molecular weight excluding hydrogens is 357 g/mol. The van der Waals surface area contributed by atoms with Crippen LogP contribution in [0.4, 0.5) is 4.39 Å². The standard InChI is InChI=1S/C18H18FN3O3S/c1-11(20-12(2)23)18-21-16-8-7-13(19)9-17(16)22(18)14-5-4-6-15(10-14)26(3,24)25/h4-11H,1-3H3,(H,20,23). The zero-order valence-corrected chi connectivity index (χ0v) is 15.3. The third-order valence-electron chi connectivity index (χ3n) is 3.95. The lowest BCUT2D eigenvalue weighted by Crippen LogP contribution is -2.26. The van der Waals surface area contributed by atoms with Gasteiger partial charge in [-0.25, -0.2) is 17.8 Å². The highest BCUT2D eigenvalue weighted by Gasteiger charge is 2.20. The fourth-order valence-corrected chi connectivity index (χ4v) is 3.51. The Morgan fingerprint density at radius 2 is 1.96 bits per heavy atom. The maximum atomic E-state index is 13.8. The molecule has 26 heavy (non-hydrogen) atoms. The largest absolute Gasteiger partial charge is 0.347 e. The summed E-state index contributed by atoms with van der Waals surface area (Å²) in [5, 5.41) is 2.76. The van der Waals surface area contributed by atoms with Crippen LogP contribution in [0.25, 0.3) is 16.7 Å². The Labute approximate surface area is 150 Å². The van der Waals surface area contributed by atoms with Crippen molar-refractivity contribution in [2.75, 3.05) is 6.26 Å². The van der Waals surface area contributed by atoms with E-state index in [2.05, 4.69) is 10.3 Å². The van der Waals surface area contributed by atoms with E-state index in [1.54, 1.807) is 29.7 Å². The number of fused-ring (bicyclic) bond motifs is 1. The molecule has 0 aliphatic rings. The van der Waals surface area contributed by atoms with Crippen molar-refractivity contribution in [3.8, 4) is 5.69 Å². The van der Waals surface area contributed by atoms with Crippen molar-refractivity contribution in [1.29, 1.82) is 0 Å². The Hall–Kier alpha value is -2.74. The number of hydrogen-bond acceptors (Lipinski definition) is 4. The van der Waals surface area contributed by atoms with Gasteiger partial charge in [-0.2, -0.15) is 0 Å². The van der Waals surface area contributed by atoms with Crippen molar-refractivity contribution in [2.45, 2.75) is 24.8 Å². The molecule has 0 saturated carbocycles. The number of imidazole rings is 1. The first kappa shape index (κ1) is 18.1. The van der Waals surface area contributed by atoms with Gasteiger partial charge in [0.15, 0.2) is 9.84 Å². The molecule has 3 aromatic rings. The number of sulfone groups is 1. The number of rotatable bonds is 4. The molecule has 1 aromatic heterocycles. The van der Waals surface area contributed by atoms with Crippen LogP contribution in [-0.4, -0.2) is 30.1 Å². The molecule has 136 valence electrons. The number of halogens is 1. The van der Waals surface area contributed by atoms with Gasteiger partial charge in [-0.3, -0.25) is 9.36 Å². The first-order chi connectivity index (χ1) is 12.2. The highest BCUT2D eigenvalue weighted by Crippen LogP contribution is 2.27. The summed E-state index contributed by atoms with van der Waals surface area (Å²) < 4.78 is 39.3. The molecule has 1 heterocycles. The Morgan fingerprint density at radius 3 is 2.62 bits per heavy atom. The zero-order chi connectivity index (χ0) is 19.1. The van der Waals surface area contributed by atoms with Gasteiger partial charge in [0.25, 0.3) is 0 Å². The molecule has 6 nitrogen and oxygen atoms in total. The minimum atomic E-state index is -3.41. The SMILES string of the molecule is CC(=O)NC(C)c1nc2ccc(F)cc2n1-c1cccc(S(C)(=O)=O)c1. The average molecular weight is 375 g/mol. The quantitative estimate of drug-likeness (QED) is 0.760. The van der Waals surface area contributed by atoms with Gasteiger partial charge in [0.1, 0.15) is 11.6 Å². The van der Waals surface area contributed by atoms with Crippen LogP contribution in [0.2, 0.25) is 0 Å². The van der Waals surface area contributed by atoms with E-state index in [4.69, 9.17) is 0 Å². The summed E-state index contributed by atoms with van der Waals surface area (Å²) in [6.07, 6.45) is 1.12. The Bertz CT molecular complexity index is 1110. The van der Waals surface area contributed by atoms with Crippen molar-refractivity contribution < 1.29 is 17.6 Å². The van der Waals surface area contributed by atoms with Gasteiger partial charge < -0.3 is 5.32 Å². The smallest absolute Gasteiger partial charge is 0.217 e. The molecule has 1 unspecified atom stereocenters. The van der Waals surface area contributed by atoms with Crippen LogP contribution in [0.15, 0.2) is 47.4 Å². The number of amides is 1. The van der Waals surface area contributed by atoms with Crippen molar-refractivity contribution >= 4 is 26.8 Å². The lowest BCUT2D eigenvalue weighted by Gasteiger charge is -2.16. The fraction of sp³-hybridized carbons (Fsp3) is 0.222. The van der Waals surface area contributed by atoms with E-state index in [-0.39, 0.29) is 10.8 Å². The molecule has 0 saturated heterocycles. The molecule has 0 aliphatic heterocycles. The summed E-state index contributed by atoms with van der Waals surface area (Å²) >= 11 is 0. The van der Waals surface area contributed by atoms with Crippen molar-refractivity contribution in [3.05, 3.63) is 54.1 Å². The molecule has 1 atom stereocenters. The van der Waals surface area contributed by atoms with E-state index in [0.29, 0.717) is 22.5 Å². The lowest BCUT2D eigenvalue weighted by atomic mass is 10.2. The maximum absolute atomic E-state index is 13.8. The molecule has 0 fully saturated rings. The number of carbonyl (C=O) groups excluding carboxylic acids is 1. The maximum Gasteiger partial charge on any atom is 0.217 e. The predicted molar refractivity (Wildman–Crippen MR) is 96.4 cm³/mol. The molecular formula is C18H18FN3O3S. The first-order valence-electron chi connectivity index (χ1n) is 7.92. The number of hydrogen-bond donors (Lipinski definition) is 1. The Kier molecular flexibility index (Phi) is 4.53. The highest BCUT2D eigenvalue weighted by atomic mass is 32.2. The second kappa shape index (κ2) is 6.53. The van der Waals surface area contributed by atoms with Gasteiger partial charge in [0, 0.05) is 24.9 Å². The van der Waals surface area contributed by atoms with Crippen LogP contribution in [-0.2, 0) is 14.6 Å². The van der Waals surface area contributed by atoms with Gasteiger partial charge in [-0.05, 0) is 37.3 Å². The number of aromatic nitrogens is 2. The Morgan fingerprint density at radius 1 is 1.23 bits per heavy atom. The van der Waals surface area contributed by atoms with Gasteiger partial charge in [0.2, 0.25) is 5.91 Å². The summed E-state index contributed by atoms with van der Waals surface area (Å²) in [5.41, 5.74) is 1.56. The third-order valence-corrected chi connectivity index (χ3v) is 5.06. The van der Waals surface area contributed by atoms with E-state index in [9.17, 15) is 17.6 Å². The topological polar surface area (TPSA) is 81.1 Å². The van der Waals surface area contributed by atoms with E-state index in [1.807, 2.05) is 0 Å². The Balaban J connectivity index is 2.29. The molecule has 0 radical (unpaired) electrons. The molecule has 2 aromatic carbocycles. The molecule has 0 bridgehead atoms. The second-order valence-electron chi connectivity index (χ2n) is 6.13. The van der Waals surface area contributed by atoms with Gasteiger partial charge in [-0.1, -0.05) is 6.07 Å². The van der Waals surface area contributed by atoms with Crippen LogP contribution < -0.4 is 5.32 Å². The number of benzene rings is 2. The zero-order valence-electron chi connectivity index (χ0n) is 14.5. The van der Waals surface area contributed by atoms with Gasteiger partial charge in [0.05, 0.1) is 22.0 Å². The molecule has 0 aliphatic carbocycles. The number of carbonyl (C=O) groups is 1. The van der Waals surface area contributed by atoms with Gasteiger partial charge >= 0.3 is 0 Å². The van der Waals surface area contributed by atoms with Crippen LogP contribution in [0.3, 0.4) is 0 Å². The summed E-state index contributed by atoms with van der Waals surface area (Å²) in [5.74, 6) is -0.185. The molecule has 1 N–H and O–H groups in total.